The van der Waals surface area contributed by atoms with E-state index in [4.69, 9.17) is 14.2 Å². The molecule has 0 unspecified atom stereocenters. The number of carboxylic acids is 1. The Balaban J connectivity index is 1.59. The van der Waals surface area contributed by atoms with Gasteiger partial charge in [0.05, 0.1) is 23.1 Å². The summed E-state index contributed by atoms with van der Waals surface area (Å²) in [4.78, 5) is 24.1. The molecule has 4 rings (SSSR count). The van der Waals surface area contributed by atoms with E-state index in [-0.39, 0.29) is 58.4 Å². The van der Waals surface area contributed by atoms with Gasteiger partial charge in [-0.1, -0.05) is 13.0 Å². The first kappa shape index (κ1) is 34.0. The van der Waals surface area contributed by atoms with Crippen LogP contribution in [0.1, 0.15) is 72.2 Å². The number of phenols is 1. The Morgan fingerprint density at radius 1 is 1.18 bits per heavy atom. The van der Waals surface area contributed by atoms with Gasteiger partial charge in [0, 0.05) is 19.8 Å². The number of carbonyl (C=O) groups excluding carboxylic acids is 1. The third-order valence-electron chi connectivity index (χ3n) is 9.35. The fourth-order valence-corrected chi connectivity index (χ4v) is 6.90. The van der Waals surface area contributed by atoms with Gasteiger partial charge >= 0.3 is 5.97 Å². The van der Waals surface area contributed by atoms with Crippen LogP contribution in [0.25, 0.3) is 10.8 Å². The number of benzene rings is 2. The molecule has 2 aromatic rings. The summed E-state index contributed by atoms with van der Waals surface area (Å²) in [6.07, 6.45) is -3.98. The van der Waals surface area contributed by atoms with Crippen LogP contribution in [-0.4, -0.2) is 104 Å². The van der Waals surface area contributed by atoms with E-state index < -0.39 is 54.3 Å². The Morgan fingerprint density at radius 3 is 2.55 bits per heavy atom. The average molecular weight is 621 g/mol. The first-order valence-electron chi connectivity index (χ1n) is 15.1. The number of phenolic OH excluding ortho intramolecular Hbond substituents is 1. The van der Waals surface area contributed by atoms with Crippen LogP contribution in [0, 0.1) is 24.7 Å². The molecule has 44 heavy (non-hydrogen) atoms. The summed E-state index contributed by atoms with van der Waals surface area (Å²) < 4.78 is 17.3. The molecule has 244 valence electrons. The second-order valence-electron chi connectivity index (χ2n) is 12.2. The van der Waals surface area contributed by atoms with Gasteiger partial charge in [0.1, 0.15) is 35.4 Å². The molecule has 2 saturated heterocycles. The van der Waals surface area contributed by atoms with E-state index in [1.807, 2.05) is 6.92 Å². The first-order valence-corrected chi connectivity index (χ1v) is 15.1. The van der Waals surface area contributed by atoms with E-state index in [0.717, 1.165) is 18.9 Å². The summed E-state index contributed by atoms with van der Waals surface area (Å²) in [7, 11) is 0. The minimum absolute atomic E-state index is 0.00138. The first-order chi connectivity index (χ1) is 20.8. The van der Waals surface area contributed by atoms with E-state index in [1.54, 1.807) is 6.92 Å². The molecule has 12 heteroatoms. The van der Waals surface area contributed by atoms with Crippen LogP contribution < -0.4 is 4.74 Å². The standard InChI is InChI=1S/C32H44O12/c1-16(22-7-10-42-15-19(22)5-4-9-33)6-8-32(41)24(14-34)44-31(28(37)29(32)38)43-23-13-21(30(39)40)12-20-11-17(2)25(18(3)35)27(36)26(20)23/h11-13,16,19,22,24,28-29,31,33-34,36-38,41H,4-10,14-15H2,1-3H3,(H,39,40)/t16-,19+,22-,24-,28-,29-,31-,32-/m1/s1. The quantitative estimate of drug-likeness (QED) is 0.171. The van der Waals surface area contributed by atoms with Crippen LogP contribution >= 0.6 is 0 Å². The maximum atomic E-state index is 12.3. The number of ketones is 1. The van der Waals surface area contributed by atoms with E-state index in [0.29, 0.717) is 31.6 Å². The van der Waals surface area contributed by atoms with Crippen molar-refractivity contribution in [2.75, 3.05) is 26.4 Å². The topological polar surface area (TPSA) is 203 Å². The lowest BCUT2D eigenvalue weighted by Crippen LogP contribution is -2.67. The van der Waals surface area contributed by atoms with Crippen LogP contribution in [0.3, 0.4) is 0 Å². The minimum atomic E-state index is -2.04. The van der Waals surface area contributed by atoms with Crippen molar-refractivity contribution in [2.45, 2.75) is 83.1 Å². The largest absolute Gasteiger partial charge is 0.506 e. The van der Waals surface area contributed by atoms with Crippen LogP contribution in [0.15, 0.2) is 18.2 Å². The Kier molecular flexibility index (Phi) is 10.9. The lowest BCUT2D eigenvalue weighted by atomic mass is 9.72. The maximum absolute atomic E-state index is 12.3. The third kappa shape index (κ3) is 6.71. The van der Waals surface area contributed by atoms with Gasteiger partial charge in [-0.2, -0.15) is 0 Å². The van der Waals surface area contributed by atoms with E-state index in [1.165, 1.54) is 19.1 Å². The normalized spacial score (nSPS) is 29.8. The molecule has 2 aromatic carbocycles. The number of rotatable bonds is 12. The van der Waals surface area contributed by atoms with Gasteiger partial charge in [-0.15, -0.1) is 0 Å². The second kappa shape index (κ2) is 14.1. The van der Waals surface area contributed by atoms with E-state index >= 15 is 0 Å². The van der Waals surface area contributed by atoms with E-state index in [2.05, 4.69) is 0 Å². The summed E-state index contributed by atoms with van der Waals surface area (Å²) in [5.41, 5.74) is -1.82. The highest BCUT2D eigenvalue weighted by Gasteiger charge is 2.55. The van der Waals surface area contributed by atoms with Gasteiger partial charge in [-0.3, -0.25) is 4.79 Å². The zero-order valence-electron chi connectivity index (χ0n) is 25.3. The Labute approximate surface area is 255 Å². The number of aliphatic hydroxyl groups excluding tert-OH is 4. The predicted molar refractivity (Wildman–Crippen MR) is 158 cm³/mol. The Morgan fingerprint density at radius 2 is 1.91 bits per heavy atom. The van der Waals surface area contributed by atoms with Crippen molar-refractivity contribution in [1.82, 2.24) is 0 Å². The highest BCUT2D eigenvalue weighted by molar-refractivity contribution is 6.08. The molecule has 2 aliphatic heterocycles. The number of ether oxygens (including phenoxy) is 3. The highest BCUT2D eigenvalue weighted by atomic mass is 16.7. The number of hydrogen-bond acceptors (Lipinski definition) is 11. The smallest absolute Gasteiger partial charge is 0.335 e. The fraction of sp³-hybridized carbons (Fsp3) is 0.625. The zero-order valence-corrected chi connectivity index (χ0v) is 25.3. The summed E-state index contributed by atoms with van der Waals surface area (Å²) in [6, 6.07) is 3.93. The van der Waals surface area contributed by atoms with Crippen molar-refractivity contribution in [3.05, 3.63) is 34.9 Å². The number of aryl methyl sites for hydroxylation is 1. The molecular formula is C32H44O12. The van der Waals surface area contributed by atoms with Crippen molar-refractivity contribution in [3.63, 3.8) is 0 Å². The summed E-state index contributed by atoms with van der Waals surface area (Å²) >= 11 is 0. The van der Waals surface area contributed by atoms with Crippen LogP contribution in [-0.2, 0) is 9.47 Å². The predicted octanol–water partition coefficient (Wildman–Crippen LogP) is 2.15. The molecule has 0 aliphatic carbocycles. The second-order valence-corrected chi connectivity index (χ2v) is 12.2. The average Bonchev–Trinajstić information content (AvgIpc) is 2.98. The molecular weight excluding hydrogens is 576 g/mol. The van der Waals surface area contributed by atoms with Gasteiger partial charge in [-0.25, -0.2) is 4.79 Å². The van der Waals surface area contributed by atoms with Crippen LogP contribution in [0.5, 0.6) is 11.5 Å². The molecule has 0 radical (unpaired) electrons. The van der Waals surface area contributed by atoms with Gasteiger partial charge in [-0.05, 0) is 86.8 Å². The van der Waals surface area contributed by atoms with Crippen molar-refractivity contribution < 1.29 is 59.5 Å². The molecule has 0 saturated carbocycles. The number of carboxylic acid groups (broad SMARTS) is 1. The Hall–Kier alpha value is -2.84. The molecule has 2 aliphatic rings. The van der Waals surface area contributed by atoms with Crippen molar-refractivity contribution in [2.24, 2.45) is 17.8 Å². The number of carbonyl (C=O) groups is 2. The third-order valence-corrected chi connectivity index (χ3v) is 9.35. The number of hydrogen-bond donors (Lipinski definition) is 7. The number of aromatic carboxylic acids is 1. The molecule has 8 atom stereocenters. The lowest BCUT2D eigenvalue weighted by Gasteiger charge is -2.48. The number of Topliss-reactive ketones (excluding diaryl/α,β-unsaturated/α-hetero) is 1. The minimum Gasteiger partial charge on any atom is -0.506 e. The van der Waals surface area contributed by atoms with Crippen LogP contribution in [0.2, 0.25) is 0 Å². The summed E-state index contributed by atoms with van der Waals surface area (Å²) in [6.45, 7) is 5.48. The lowest BCUT2D eigenvalue weighted by molar-refractivity contribution is -0.315. The van der Waals surface area contributed by atoms with Crippen LogP contribution in [0.4, 0.5) is 0 Å². The molecule has 0 amide bonds. The van der Waals surface area contributed by atoms with Crippen molar-refractivity contribution in [1.29, 1.82) is 0 Å². The monoisotopic (exact) mass is 620 g/mol. The van der Waals surface area contributed by atoms with Gasteiger partial charge < -0.3 is 50.0 Å². The molecule has 0 bridgehead atoms. The Bertz CT molecular complexity index is 1340. The van der Waals surface area contributed by atoms with Crippen molar-refractivity contribution >= 4 is 22.5 Å². The molecule has 2 fully saturated rings. The molecule has 12 nitrogen and oxygen atoms in total. The number of aromatic hydroxyl groups is 1. The van der Waals surface area contributed by atoms with Crippen molar-refractivity contribution in [3.8, 4) is 11.5 Å². The SMILES string of the molecule is CC(=O)c1c(C)cc2cc(C(=O)O)cc(O[C@@H]3O[C@H](CO)[C@](O)(CC[C@@H](C)[C@H]4CCOC[C@@H]4CCCO)[C@H](O)[C@H]3O)c2c1O. The fourth-order valence-electron chi connectivity index (χ4n) is 6.90. The molecule has 0 spiro atoms. The zero-order chi connectivity index (χ0) is 32.3. The highest BCUT2D eigenvalue weighted by Crippen LogP contribution is 2.43. The molecule has 2 heterocycles. The van der Waals surface area contributed by atoms with E-state index in [9.17, 15) is 45.3 Å². The number of fused-ring (bicyclic) bond motifs is 1. The van der Waals surface area contributed by atoms with Gasteiger partial charge in [0.15, 0.2) is 5.78 Å². The van der Waals surface area contributed by atoms with Gasteiger partial charge in [0.2, 0.25) is 6.29 Å². The summed E-state index contributed by atoms with van der Waals surface area (Å²) in [5, 5.41) is 74.3. The molecule has 0 aromatic heterocycles. The number of aliphatic hydroxyl groups is 5. The van der Waals surface area contributed by atoms with Gasteiger partial charge in [0.25, 0.3) is 0 Å². The maximum Gasteiger partial charge on any atom is 0.335 e. The summed E-state index contributed by atoms with van der Waals surface area (Å²) in [5.74, 6) is -1.81. The molecule has 7 N–H and O–H groups in total.